The van der Waals surface area contributed by atoms with Gasteiger partial charge < -0.3 is 0 Å². The van der Waals surface area contributed by atoms with Gasteiger partial charge in [0, 0.05) is 0 Å². The second-order valence-corrected chi connectivity index (χ2v) is 6.15. The Balaban J connectivity index is 1.80. The van der Waals surface area contributed by atoms with E-state index in [4.69, 9.17) is 0 Å². The first-order valence-corrected chi connectivity index (χ1v) is 8.57. The molecule has 21 heavy (non-hydrogen) atoms. The second kappa shape index (κ2) is 8.92. The van der Waals surface area contributed by atoms with Gasteiger partial charge in [0.25, 0.3) is 0 Å². The maximum absolute atomic E-state index is 4.63. The monoisotopic (exact) mass is 299 g/mol. The molecule has 0 radical (unpaired) electrons. The summed E-state index contributed by atoms with van der Waals surface area (Å²) in [6.07, 6.45) is 13.8. The van der Waals surface area contributed by atoms with Crippen LogP contribution in [0.1, 0.15) is 63.4 Å². The van der Waals surface area contributed by atoms with Crippen molar-refractivity contribution in [2.24, 2.45) is 10.9 Å². The lowest BCUT2D eigenvalue weighted by Crippen LogP contribution is -2.13. The van der Waals surface area contributed by atoms with E-state index in [-0.39, 0.29) is 0 Å². The average Bonchev–Trinajstić information content (AvgIpc) is 2.53. The second-order valence-electron chi connectivity index (χ2n) is 5.97. The molecular weight excluding hydrogens is 274 g/mol. The summed E-state index contributed by atoms with van der Waals surface area (Å²) in [6, 6.07) is 8.52. The molecule has 0 spiro atoms. The predicted octanol–water partition coefficient (Wildman–Crippen LogP) is 6.44. The van der Waals surface area contributed by atoms with Crippen LogP contribution in [-0.4, -0.2) is 5.16 Å². The van der Waals surface area contributed by atoms with Gasteiger partial charge in [-0.25, -0.2) is 0 Å². The van der Waals surface area contributed by atoms with Crippen molar-refractivity contribution in [2.75, 3.05) is 0 Å². The largest absolute Gasteiger partial charge is 0.195 e. The van der Waals surface area contributed by atoms with Crippen LogP contribution >= 0.6 is 12.2 Å². The Morgan fingerprint density at radius 1 is 1.14 bits per heavy atom. The first-order valence-electron chi connectivity index (χ1n) is 8.16. The third kappa shape index (κ3) is 5.22. The number of hydrogen-bond donors (Lipinski definition) is 0. The molecule has 0 unspecified atom stereocenters. The van der Waals surface area contributed by atoms with Gasteiger partial charge in [0.15, 0.2) is 0 Å². The van der Waals surface area contributed by atoms with Gasteiger partial charge in [-0.05, 0) is 86.7 Å². The molecule has 0 amide bonds. The van der Waals surface area contributed by atoms with Gasteiger partial charge in [-0.15, -0.1) is 0 Å². The van der Waals surface area contributed by atoms with Crippen molar-refractivity contribution in [3.8, 4) is 0 Å². The van der Waals surface area contributed by atoms with Gasteiger partial charge in [-0.1, -0.05) is 31.2 Å². The first kappa shape index (κ1) is 16.1. The molecule has 2 rings (SSSR count). The molecule has 1 aliphatic carbocycles. The van der Waals surface area contributed by atoms with Gasteiger partial charge in [-0.2, -0.15) is 4.99 Å². The molecule has 1 aromatic rings. The fourth-order valence-electron chi connectivity index (χ4n) is 3.27. The first-order chi connectivity index (χ1) is 10.3. The Labute approximate surface area is 134 Å². The molecular formula is C19H25NS. The Kier molecular flexibility index (Phi) is 6.85. The SMILES string of the molecule is CC/C=C/CC[C@H]1CC[C@H](c2ccc(N=C=S)cc2)CC1. The minimum atomic E-state index is 0.734. The molecule has 0 bridgehead atoms. The number of rotatable bonds is 6. The third-order valence-electron chi connectivity index (χ3n) is 4.53. The van der Waals surface area contributed by atoms with E-state index in [1.807, 2.05) is 0 Å². The van der Waals surface area contributed by atoms with Gasteiger partial charge in [-0.3, -0.25) is 0 Å². The molecule has 0 saturated heterocycles. The molecule has 0 atom stereocenters. The number of aliphatic imine (C=N–C) groups is 1. The normalized spacial score (nSPS) is 22.1. The molecule has 0 aromatic heterocycles. The van der Waals surface area contributed by atoms with Crippen molar-refractivity contribution in [3.05, 3.63) is 42.0 Å². The standard InChI is InChI=1S/C19H25NS/c1-2-3-4-5-6-16-7-9-17(10-8-16)18-11-13-19(14-12-18)20-15-21/h3-4,11-14,16-17H,2,5-10H2,1H3/b4-3+/t16-,17-. The van der Waals surface area contributed by atoms with Gasteiger partial charge in [0.05, 0.1) is 10.8 Å². The van der Waals surface area contributed by atoms with Crippen LogP contribution in [0.15, 0.2) is 41.4 Å². The number of allylic oxidation sites excluding steroid dienone is 2. The average molecular weight is 299 g/mol. The summed E-state index contributed by atoms with van der Waals surface area (Å²) in [6.45, 7) is 2.20. The van der Waals surface area contributed by atoms with E-state index in [1.54, 1.807) is 0 Å². The molecule has 1 aliphatic rings. The van der Waals surface area contributed by atoms with E-state index in [9.17, 15) is 0 Å². The summed E-state index contributed by atoms with van der Waals surface area (Å²) in [5.41, 5.74) is 2.37. The van der Waals surface area contributed by atoms with E-state index < -0.39 is 0 Å². The summed E-state index contributed by atoms with van der Waals surface area (Å²) in [5, 5.41) is 2.42. The van der Waals surface area contributed by atoms with Crippen LogP contribution < -0.4 is 0 Å². The van der Waals surface area contributed by atoms with E-state index in [1.165, 1.54) is 44.1 Å². The fraction of sp³-hybridized carbons (Fsp3) is 0.526. The minimum absolute atomic E-state index is 0.734. The molecule has 112 valence electrons. The Bertz CT molecular complexity index is 489. The Hall–Kier alpha value is -1.24. The molecule has 1 saturated carbocycles. The highest BCUT2D eigenvalue weighted by Gasteiger charge is 2.21. The van der Waals surface area contributed by atoms with Crippen LogP contribution in [0.4, 0.5) is 5.69 Å². The zero-order valence-corrected chi connectivity index (χ0v) is 13.7. The molecule has 2 heteroatoms. The number of hydrogen-bond acceptors (Lipinski definition) is 2. The zero-order chi connectivity index (χ0) is 14.9. The summed E-state index contributed by atoms with van der Waals surface area (Å²) in [4.78, 5) is 4.01. The van der Waals surface area contributed by atoms with Crippen LogP contribution in [0.5, 0.6) is 0 Å². The molecule has 0 N–H and O–H groups in total. The van der Waals surface area contributed by atoms with E-state index in [0.717, 1.165) is 23.9 Å². The Morgan fingerprint density at radius 3 is 2.48 bits per heavy atom. The van der Waals surface area contributed by atoms with Gasteiger partial charge in [0.2, 0.25) is 0 Å². The third-order valence-corrected chi connectivity index (χ3v) is 4.62. The van der Waals surface area contributed by atoms with Crippen molar-refractivity contribution in [3.63, 3.8) is 0 Å². The van der Waals surface area contributed by atoms with Crippen molar-refractivity contribution in [2.45, 2.75) is 57.8 Å². The lowest BCUT2D eigenvalue weighted by atomic mass is 9.77. The van der Waals surface area contributed by atoms with Crippen LogP contribution in [0.3, 0.4) is 0 Å². The van der Waals surface area contributed by atoms with E-state index in [0.29, 0.717) is 0 Å². The lowest BCUT2D eigenvalue weighted by molar-refractivity contribution is 0.312. The van der Waals surface area contributed by atoms with Gasteiger partial charge >= 0.3 is 0 Å². The minimum Gasteiger partial charge on any atom is -0.195 e. The highest BCUT2D eigenvalue weighted by atomic mass is 32.1. The highest BCUT2D eigenvalue weighted by molar-refractivity contribution is 7.78. The van der Waals surface area contributed by atoms with Crippen LogP contribution in [0, 0.1) is 5.92 Å². The summed E-state index contributed by atoms with van der Waals surface area (Å²) in [7, 11) is 0. The smallest absolute Gasteiger partial charge is 0.0739 e. The predicted molar refractivity (Wildman–Crippen MR) is 94.5 cm³/mol. The van der Waals surface area contributed by atoms with E-state index in [2.05, 4.69) is 65.7 Å². The van der Waals surface area contributed by atoms with Crippen molar-refractivity contribution >= 4 is 23.1 Å². The van der Waals surface area contributed by atoms with Crippen LogP contribution in [-0.2, 0) is 0 Å². The molecule has 1 nitrogen and oxygen atoms in total. The van der Waals surface area contributed by atoms with Crippen LogP contribution in [0.2, 0.25) is 0 Å². The zero-order valence-electron chi connectivity index (χ0n) is 12.9. The number of nitrogens with zero attached hydrogens (tertiary/aromatic N) is 1. The summed E-state index contributed by atoms with van der Waals surface area (Å²) in [5.74, 6) is 1.67. The molecule has 0 heterocycles. The maximum Gasteiger partial charge on any atom is 0.0739 e. The highest BCUT2D eigenvalue weighted by Crippen LogP contribution is 2.37. The molecule has 0 aliphatic heterocycles. The number of thiocarbonyl (C=S) groups is 1. The van der Waals surface area contributed by atoms with Crippen LogP contribution in [0.25, 0.3) is 0 Å². The molecule has 1 aromatic carbocycles. The van der Waals surface area contributed by atoms with Crippen molar-refractivity contribution in [1.29, 1.82) is 0 Å². The number of benzene rings is 1. The Morgan fingerprint density at radius 2 is 1.86 bits per heavy atom. The number of isothiocyanates is 1. The van der Waals surface area contributed by atoms with Gasteiger partial charge in [0.1, 0.15) is 0 Å². The lowest BCUT2D eigenvalue weighted by Gasteiger charge is -2.28. The summed E-state index contributed by atoms with van der Waals surface area (Å²) < 4.78 is 0. The van der Waals surface area contributed by atoms with Crippen molar-refractivity contribution < 1.29 is 0 Å². The molecule has 1 fully saturated rings. The van der Waals surface area contributed by atoms with E-state index >= 15 is 0 Å². The quantitative estimate of drug-likeness (QED) is 0.334. The van der Waals surface area contributed by atoms with Crippen molar-refractivity contribution in [1.82, 2.24) is 0 Å². The summed E-state index contributed by atoms with van der Waals surface area (Å²) >= 11 is 4.63. The topological polar surface area (TPSA) is 12.4 Å². The maximum atomic E-state index is 4.63. The fourth-order valence-corrected chi connectivity index (χ4v) is 3.38.